The number of rotatable bonds is 1. The van der Waals surface area contributed by atoms with Gasteiger partial charge < -0.3 is 5.32 Å². The van der Waals surface area contributed by atoms with Gasteiger partial charge in [-0.15, -0.1) is 0 Å². The molecular formula is C18H11ClN2O. The van der Waals surface area contributed by atoms with Gasteiger partial charge in [-0.1, -0.05) is 29.8 Å². The van der Waals surface area contributed by atoms with Crippen LogP contribution in [0.4, 0.5) is 5.69 Å². The van der Waals surface area contributed by atoms with E-state index in [2.05, 4.69) is 10.3 Å². The summed E-state index contributed by atoms with van der Waals surface area (Å²) in [6.07, 6.45) is 3.66. The van der Waals surface area contributed by atoms with E-state index in [-0.39, 0.29) is 5.91 Å². The quantitative estimate of drug-likeness (QED) is 0.678. The molecule has 0 saturated heterocycles. The summed E-state index contributed by atoms with van der Waals surface area (Å²) in [5.41, 5.74) is 4.18. The summed E-state index contributed by atoms with van der Waals surface area (Å²) in [4.78, 5) is 16.5. The van der Waals surface area contributed by atoms with Crippen molar-refractivity contribution >= 4 is 45.7 Å². The van der Waals surface area contributed by atoms with Crippen LogP contribution in [-0.2, 0) is 4.79 Å². The highest BCUT2D eigenvalue weighted by molar-refractivity contribution is 6.36. The SMILES string of the molecule is O=C1Nc2cc(Cl)ccc2/C1=C/c1ccc2ncccc2c1. The van der Waals surface area contributed by atoms with Crippen LogP contribution < -0.4 is 5.32 Å². The first kappa shape index (κ1) is 13.0. The number of carbonyl (C=O) groups excluding carboxylic acids is 1. The zero-order valence-electron chi connectivity index (χ0n) is 11.5. The normalized spacial score (nSPS) is 15.1. The maximum atomic E-state index is 12.2. The van der Waals surface area contributed by atoms with Crippen molar-refractivity contribution in [1.29, 1.82) is 0 Å². The molecular weight excluding hydrogens is 296 g/mol. The average molecular weight is 307 g/mol. The third-order valence-electron chi connectivity index (χ3n) is 3.70. The molecule has 106 valence electrons. The molecule has 2 heterocycles. The Morgan fingerprint density at radius 2 is 2.00 bits per heavy atom. The molecule has 1 aromatic heterocycles. The number of nitrogens with zero attached hydrogens (tertiary/aromatic N) is 1. The van der Waals surface area contributed by atoms with Crippen LogP contribution in [-0.4, -0.2) is 10.9 Å². The molecule has 0 aliphatic carbocycles. The van der Waals surface area contributed by atoms with Gasteiger partial charge in [0.15, 0.2) is 0 Å². The minimum Gasteiger partial charge on any atom is -0.321 e. The topological polar surface area (TPSA) is 42.0 Å². The van der Waals surface area contributed by atoms with Crippen LogP contribution in [0.3, 0.4) is 0 Å². The molecule has 2 aromatic carbocycles. The molecule has 0 saturated carbocycles. The predicted octanol–water partition coefficient (Wildman–Crippen LogP) is 4.38. The summed E-state index contributed by atoms with van der Waals surface area (Å²) in [6.45, 7) is 0. The second-order valence-corrected chi connectivity index (χ2v) is 5.59. The number of carbonyl (C=O) groups is 1. The molecule has 3 aromatic rings. The lowest BCUT2D eigenvalue weighted by molar-refractivity contribution is -0.110. The Bertz CT molecular complexity index is 947. The Hall–Kier alpha value is -2.65. The predicted molar refractivity (Wildman–Crippen MR) is 89.7 cm³/mol. The van der Waals surface area contributed by atoms with Crippen molar-refractivity contribution in [2.24, 2.45) is 0 Å². The number of hydrogen-bond donors (Lipinski definition) is 1. The zero-order valence-corrected chi connectivity index (χ0v) is 12.3. The third kappa shape index (κ3) is 2.16. The molecule has 0 spiro atoms. The van der Waals surface area contributed by atoms with Crippen molar-refractivity contribution < 1.29 is 4.79 Å². The highest BCUT2D eigenvalue weighted by atomic mass is 35.5. The van der Waals surface area contributed by atoms with Gasteiger partial charge in [0.2, 0.25) is 0 Å². The van der Waals surface area contributed by atoms with E-state index in [1.54, 1.807) is 18.3 Å². The van der Waals surface area contributed by atoms with E-state index in [0.717, 1.165) is 27.7 Å². The first-order chi connectivity index (χ1) is 10.7. The van der Waals surface area contributed by atoms with Gasteiger partial charge in [-0.3, -0.25) is 9.78 Å². The number of amides is 1. The lowest BCUT2D eigenvalue weighted by Gasteiger charge is -2.01. The standard InChI is InChI=1S/C18H11ClN2O/c19-13-4-5-14-15(18(22)21-17(14)10-13)9-11-3-6-16-12(8-11)2-1-7-20-16/h1-10H,(H,21,22)/b15-9-. The van der Waals surface area contributed by atoms with Crippen LogP contribution >= 0.6 is 11.6 Å². The van der Waals surface area contributed by atoms with Crippen LogP contribution in [0.25, 0.3) is 22.6 Å². The van der Waals surface area contributed by atoms with Crippen molar-refractivity contribution in [2.45, 2.75) is 0 Å². The molecule has 1 aliphatic rings. The maximum Gasteiger partial charge on any atom is 0.256 e. The molecule has 0 bridgehead atoms. The lowest BCUT2D eigenvalue weighted by Crippen LogP contribution is -2.03. The van der Waals surface area contributed by atoms with E-state index < -0.39 is 0 Å². The second-order valence-electron chi connectivity index (χ2n) is 5.16. The number of aromatic nitrogens is 1. The van der Waals surface area contributed by atoms with Gasteiger partial charge >= 0.3 is 0 Å². The Morgan fingerprint density at radius 1 is 1.09 bits per heavy atom. The molecule has 1 aliphatic heterocycles. The molecule has 1 amide bonds. The van der Waals surface area contributed by atoms with Crippen LogP contribution in [0.5, 0.6) is 0 Å². The van der Waals surface area contributed by atoms with E-state index in [1.165, 1.54) is 0 Å². The number of hydrogen-bond acceptors (Lipinski definition) is 2. The minimum absolute atomic E-state index is 0.108. The molecule has 0 atom stereocenters. The summed E-state index contributed by atoms with van der Waals surface area (Å²) in [6, 6.07) is 15.3. The van der Waals surface area contributed by atoms with E-state index in [0.29, 0.717) is 10.6 Å². The number of fused-ring (bicyclic) bond motifs is 2. The zero-order chi connectivity index (χ0) is 15.1. The van der Waals surface area contributed by atoms with E-state index in [1.807, 2.05) is 42.5 Å². The van der Waals surface area contributed by atoms with Gasteiger partial charge in [0.25, 0.3) is 5.91 Å². The molecule has 4 heteroatoms. The van der Waals surface area contributed by atoms with Crippen molar-refractivity contribution in [3.05, 3.63) is 70.9 Å². The number of halogens is 1. The fourth-order valence-corrected chi connectivity index (χ4v) is 2.83. The number of anilines is 1. The maximum absolute atomic E-state index is 12.2. The summed E-state index contributed by atoms with van der Waals surface area (Å²) >= 11 is 5.97. The van der Waals surface area contributed by atoms with Gasteiger partial charge in [-0.05, 0) is 42.0 Å². The monoisotopic (exact) mass is 306 g/mol. The van der Waals surface area contributed by atoms with E-state index >= 15 is 0 Å². The van der Waals surface area contributed by atoms with Crippen LogP contribution in [0.2, 0.25) is 5.02 Å². The molecule has 0 unspecified atom stereocenters. The smallest absolute Gasteiger partial charge is 0.256 e. The lowest BCUT2D eigenvalue weighted by atomic mass is 10.0. The molecule has 0 radical (unpaired) electrons. The van der Waals surface area contributed by atoms with E-state index in [9.17, 15) is 4.79 Å². The first-order valence-electron chi connectivity index (χ1n) is 6.88. The van der Waals surface area contributed by atoms with Crippen molar-refractivity contribution in [2.75, 3.05) is 5.32 Å². The second kappa shape index (κ2) is 4.97. The molecule has 22 heavy (non-hydrogen) atoms. The number of nitrogens with one attached hydrogen (secondary N) is 1. The summed E-state index contributed by atoms with van der Waals surface area (Å²) in [5, 5.41) is 4.50. The van der Waals surface area contributed by atoms with Crippen LogP contribution in [0, 0.1) is 0 Å². The highest BCUT2D eigenvalue weighted by Gasteiger charge is 2.23. The summed E-state index contributed by atoms with van der Waals surface area (Å²) in [5.74, 6) is -0.108. The molecule has 4 rings (SSSR count). The van der Waals surface area contributed by atoms with Crippen LogP contribution in [0.1, 0.15) is 11.1 Å². The molecule has 3 nitrogen and oxygen atoms in total. The van der Waals surface area contributed by atoms with Gasteiger partial charge in [0.1, 0.15) is 0 Å². The van der Waals surface area contributed by atoms with Crippen molar-refractivity contribution in [3.8, 4) is 0 Å². The van der Waals surface area contributed by atoms with E-state index in [4.69, 9.17) is 11.6 Å². The third-order valence-corrected chi connectivity index (χ3v) is 3.94. The summed E-state index contributed by atoms with van der Waals surface area (Å²) in [7, 11) is 0. The largest absolute Gasteiger partial charge is 0.321 e. The first-order valence-corrected chi connectivity index (χ1v) is 7.26. The van der Waals surface area contributed by atoms with Crippen molar-refractivity contribution in [3.63, 3.8) is 0 Å². The average Bonchev–Trinajstić information content (AvgIpc) is 2.82. The fourth-order valence-electron chi connectivity index (χ4n) is 2.66. The number of pyridine rings is 1. The van der Waals surface area contributed by atoms with Crippen LogP contribution in [0.15, 0.2) is 54.7 Å². The minimum atomic E-state index is -0.108. The fraction of sp³-hybridized carbons (Fsp3) is 0. The Kier molecular flexibility index (Phi) is 2.94. The Labute approximate surface area is 132 Å². The van der Waals surface area contributed by atoms with Crippen molar-refractivity contribution in [1.82, 2.24) is 4.98 Å². The highest BCUT2D eigenvalue weighted by Crippen LogP contribution is 2.35. The number of benzene rings is 2. The van der Waals surface area contributed by atoms with Gasteiger partial charge in [0.05, 0.1) is 11.2 Å². The molecule has 0 fully saturated rings. The Balaban J connectivity index is 1.83. The van der Waals surface area contributed by atoms with Gasteiger partial charge in [-0.25, -0.2) is 0 Å². The summed E-state index contributed by atoms with van der Waals surface area (Å²) < 4.78 is 0. The van der Waals surface area contributed by atoms with Gasteiger partial charge in [-0.2, -0.15) is 0 Å². The molecule has 1 N–H and O–H groups in total. The van der Waals surface area contributed by atoms with Gasteiger partial charge in [0, 0.05) is 27.7 Å². The Morgan fingerprint density at radius 3 is 2.91 bits per heavy atom.